The molecule has 0 spiro atoms. The van der Waals surface area contributed by atoms with Crippen LogP contribution in [0, 0.1) is 0 Å². The molecule has 0 radical (unpaired) electrons. The zero-order chi connectivity index (χ0) is 22.9. The highest BCUT2D eigenvalue weighted by atomic mass is 79.9. The Bertz CT molecular complexity index is 1300. The van der Waals surface area contributed by atoms with Crippen LogP contribution in [0.2, 0.25) is 5.02 Å². The number of rotatable bonds is 5. The predicted octanol–water partition coefficient (Wildman–Crippen LogP) is 5.85. The van der Waals surface area contributed by atoms with Gasteiger partial charge in [-0.15, -0.1) is 0 Å². The molecule has 2 aliphatic heterocycles. The van der Waals surface area contributed by atoms with Crippen LogP contribution in [-0.4, -0.2) is 25.0 Å². The lowest BCUT2D eigenvalue weighted by Crippen LogP contribution is -2.12. The average molecular weight is 528 g/mol. The number of hydrogen-bond acceptors (Lipinski definition) is 6. The summed E-state index contributed by atoms with van der Waals surface area (Å²) < 4.78 is 23.2. The third kappa shape index (κ3) is 4.53. The number of ketones is 2. The van der Waals surface area contributed by atoms with Crippen molar-refractivity contribution in [3.8, 4) is 17.2 Å². The van der Waals surface area contributed by atoms with E-state index in [9.17, 15) is 9.59 Å². The summed E-state index contributed by atoms with van der Waals surface area (Å²) in [5, 5.41) is 0.504. The van der Waals surface area contributed by atoms with Crippen molar-refractivity contribution in [3.63, 3.8) is 0 Å². The molecule has 5 rings (SSSR count). The second-order valence-corrected chi connectivity index (χ2v) is 8.76. The maximum absolute atomic E-state index is 12.9. The number of ether oxygens (including phenoxy) is 4. The fourth-order valence-corrected chi connectivity index (χ4v) is 4.10. The minimum absolute atomic E-state index is 0.125. The number of hydrogen-bond donors (Lipinski definition) is 0. The van der Waals surface area contributed by atoms with E-state index in [1.54, 1.807) is 60.7 Å². The highest BCUT2D eigenvalue weighted by Crippen LogP contribution is 2.38. The molecular weight excluding hydrogens is 512 g/mol. The van der Waals surface area contributed by atoms with Gasteiger partial charge < -0.3 is 18.9 Å². The Labute approximate surface area is 202 Å². The number of carbonyl (C=O) groups is 2. The molecule has 0 bridgehead atoms. The van der Waals surface area contributed by atoms with Crippen LogP contribution >= 0.6 is 27.5 Å². The smallest absolute Gasteiger partial charge is 0.231 e. The van der Waals surface area contributed by atoms with Gasteiger partial charge in [-0.05, 0) is 42.5 Å². The third-order valence-electron chi connectivity index (χ3n) is 5.17. The van der Waals surface area contributed by atoms with E-state index >= 15 is 0 Å². The molecule has 2 aliphatic rings. The summed E-state index contributed by atoms with van der Waals surface area (Å²) in [6, 6.07) is 15.4. The highest BCUT2D eigenvalue weighted by Gasteiger charge is 2.29. The standard InChI is InChI=1S/C25H16BrClO6/c26-17-3-1-14(2-4-17)21(28)12-31-19-5-6-20-22(10-19)33-23(24(20)29)9-15-7-18(27)8-16-11-30-13-32-25(15)16/h1-10H,11-13H2/b23-9-. The summed E-state index contributed by atoms with van der Waals surface area (Å²) in [6.45, 7) is 0.366. The van der Waals surface area contributed by atoms with E-state index in [4.69, 9.17) is 30.5 Å². The molecule has 0 aromatic heterocycles. The first-order valence-corrected chi connectivity index (χ1v) is 11.2. The van der Waals surface area contributed by atoms with E-state index in [-0.39, 0.29) is 30.7 Å². The second-order valence-electron chi connectivity index (χ2n) is 7.41. The van der Waals surface area contributed by atoms with Crippen LogP contribution in [0.3, 0.4) is 0 Å². The molecule has 6 nitrogen and oxygen atoms in total. The molecule has 3 aromatic rings. The summed E-state index contributed by atoms with van der Waals surface area (Å²) in [6.07, 6.45) is 1.61. The summed E-state index contributed by atoms with van der Waals surface area (Å²) in [5.41, 5.74) is 2.39. The Morgan fingerprint density at radius 1 is 1.12 bits per heavy atom. The lowest BCUT2D eigenvalue weighted by atomic mass is 10.1. The third-order valence-corrected chi connectivity index (χ3v) is 5.91. The summed E-state index contributed by atoms with van der Waals surface area (Å²) in [5.74, 6) is 1.13. The van der Waals surface area contributed by atoms with Crippen LogP contribution < -0.4 is 14.2 Å². The van der Waals surface area contributed by atoms with Gasteiger partial charge in [0.2, 0.25) is 5.78 Å². The first-order valence-electron chi connectivity index (χ1n) is 10.0. The first kappa shape index (κ1) is 21.7. The normalized spacial score (nSPS) is 15.5. The topological polar surface area (TPSA) is 71.1 Å². The SMILES string of the molecule is O=C(COc1ccc2c(c1)O/C(=C\c1cc(Cl)cc3c1OCOC3)C2=O)c1ccc(Br)cc1. The fraction of sp³-hybridized carbons (Fsp3) is 0.120. The van der Waals surface area contributed by atoms with Crippen molar-refractivity contribution in [3.05, 3.63) is 92.1 Å². The molecule has 2 heterocycles. The summed E-state index contributed by atoms with van der Waals surface area (Å²) in [4.78, 5) is 25.2. The Hall–Kier alpha value is -3.13. The molecule has 0 amide bonds. The maximum atomic E-state index is 12.9. The molecule has 8 heteroatoms. The van der Waals surface area contributed by atoms with Crippen LogP contribution in [-0.2, 0) is 11.3 Å². The van der Waals surface area contributed by atoms with Gasteiger partial charge in [-0.1, -0.05) is 39.7 Å². The Kier molecular flexibility index (Phi) is 5.93. The quantitative estimate of drug-likeness (QED) is 0.306. The van der Waals surface area contributed by atoms with Crippen molar-refractivity contribution in [2.75, 3.05) is 13.4 Å². The lowest BCUT2D eigenvalue weighted by molar-refractivity contribution is -0.0165. The summed E-state index contributed by atoms with van der Waals surface area (Å²) in [7, 11) is 0. The number of halogens is 2. The molecule has 0 unspecified atom stereocenters. The van der Waals surface area contributed by atoms with Crippen molar-refractivity contribution in [1.82, 2.24) is 0 Å². The van der Waals surface area contributed by atoms with Crippen molar-refractivity contribution in [2.45, 2.75) is 6.61 Å². The van der Waals surface area contributed by atoms with Gasteiger partial charge in [-0.25, -0.2) is 0 Å². The second kappa shape index (κ2) is 9.02. The summed E-state index contributed by atoms with van der Waals surface area (Å²) >= 11 is 9.56. The Morgan fingerprint density at radius 3 is 2.76 bits per heavy atom. The molecule has 3 aromatic carbocycles. The predicted molar refractivity (Wildman–Crippen MR) is 125 cm³/mol. The molecule has 166 valence electrons. The van der Waals surface area contributed by atoms with Crippen LogP contribution in [0.15, 0.2) is 64.8 Å². The Morgan fingerprint density at radius 2 is 1.94 bits per heavy atom. The van der Waals surface area contributed by atoms with Crippen molar-refractivity contribution >= 4 is 45.2 Å². The monoisotopic (exact) mass is 526 g/mol. The minimum atomic E-state index is -0.261. The fourth-order valence-electron chi connectivity index (χ4n) is 3.58. The minimum Gasteiger partial charge on any atom is -0.485 e. The molecule has 0 atom stereocenters. The zero-order valence-corrected chi connectivity index (χ0v) is 19.4. The average Bonchev–Trinajstić information content (AvgIpc) is 3.12. The molecule has 0 saturated carbocycles. The molecular formula is C25H16BrClO6. The van der Waals surface area contributed by atoms with E-state index in [1.807, 2.05) is 0 Å². The molecule has 0 fully saturated rings. The Balaban J connectivity index is 1.34. The van der Waals surface area contributed by atoms with Crippen LogP contribution in [0.5, 0.6) is 17.2 Å². The van der Waals surface area contributed by atoms with Gasteiger partial charge >= 0.3 is 0 Å². The zero-order valence-electron chi connectivity index (χ0n) is 17.1. The molecule has 0 saturated heterocycles. The number of Topliss-reactive ketones (excluding diaryl/α,β-unsaturated/α-hetero) is 2. The largest absolute Gasteiger partial charge is 0.485 e. The van der Waals surface area contributed by atoms with Crippen molar-refractivity contribution < 1.29 is 28.5 Å². The lowest BCUT2D eigenvalue weighted by Gasteiger charge is -2.20. The van der Waals surface area contributed by atoms with E-state index in [2.05, 4.69) is 15.9 Å². The first-order chi connectivity index (χ1) is 16.0. The molecule has 0 aliphatic carbocycles. The van der Waals surface area contributed by atoms with Gasteiger partial charge in [0.25, 0.3) is 0 Å². The van der Waals surface area contributed by atoms with Gasteiger partial charge in [0, 0.05) is 32.3 Å². The van der Waals surface area contributed by atoms with Gasteiger partial charge in [0.1, 0.15) is 17.2 Å². The van der Waals surface area contributed by atoms with Crippen LogP contribution in [0.1, 0.15) is 31.8 Å². The number of benzene rings is 3. The maximum Gasteiger partial charge on any atom is 0.231 e. The number of carbonyl (C=O) groups excluding carboxylic acids is 2. The van der Waals surface area contributed by atoms with Crippen molar-refractivity contribution in [2.24, 2.45) is 0 Å². The highest BCUT2D eigenvalue weighted by molar-refractivity contribution is 9.10. The molecule has 33 heavy (non-hydrogen) atoms. The van der Waals surface area contributed by atoms with E-state index in [0.717, 1.165) is 10.0 Å². The van der Waals surface area contributed by atoms with E-state index < -0.39 is 0 Å². The van der Waals surface area contributed by atoms with Crippen LogP contribution in [0.4, 0.5) is 0 Å². The van der Waals surface area contributed by atoms with E-state index in [0.29, 0.717) is 45.6 Å². The van der Waals surface area contributed by atoms with Gasteiger partial charge in [0.15, 0.2) is 24.9 Å². The van der Waals surface area contributed by atoms with Gasteiger partial charge in [-0.2, -0.15) is 0 Å². The van der Waals surface area contributed by atoms with Crippen molar-refractivity contribution in [1.29, 1.82) is 0 Å². The number of fused-ring (bicyclic) bond motifs is 2. The number of allylic oxidation sites excluding steroid dienone is 1. The molecule has 0 N–H and O–H groups in total. The van der Waals surface area contributed by atoms with Gasteiger partial charge in [-0.3, -0.25) is 9.59 Å². The van der Waals surface area contributed by atoms with Gasteiger partial charge in [0.05, 0.1) is 12.2 Å². The van der Waals surface area contributed by atoms with E-state index in [1.165, 1.54) is 0 Å². The van der Waals surface area contributed by atoms with Crippen LogP contribution in [0.25, 0.3) is 6.08 Å².